The number of sulfonamides is 1. The maximum absolute atomic E-state index is 13.0. The summed E-state index contributed by atoms with van der Waals surface area (Å²) < 4.78 is 39.3. The minimum absolute atomic E-state index is 0.0302. The van der Waals surface area contributed by atoms with Crippen LogP contribution in [0.4, 0.5) is 10.1 Å². The number of hydrogen-bond donors (Lipinski definition) is 2. The molecule has 0 fully saturated rings. The third-order valence-corrected chi connectivity index (χ3v) is 5.47. The lowest BCUT2D eigenvalue weighted by molar-refractivity contribution is 0.471. The monoisotopic (exact) mass is 341 g/mol. The van der Waals surface area contributed by atoms with Gasteiger partial charge in [0.1, 0.15) is 15.8 Å². The molecule has 0 spiro atoms. The minimum Gasteiger partial charge on any atom is -0.506 e. The van der Waals surface area contributed by atoms with Crippen LogP contribution in [0.2, 0.25) is 9.36 Å². The van der Waals surface area contributed by atoms with E-state index < -0.39 is 21.6 Å². The van der Waals surface area contributed by atoms with Crippen molar-refractivity contribution < 1.29 is 17.9 Å². The van der Waals surface area contributed by atoms with Gasteiger partial charge in [-0.3, -0.25) is 4.72 Å². The highest BCUT2D eigenvalue weighted by molar-refractivity contribution is 7.94. The molecule has 2 rings (SSSR count). The van der Waals surface area contributed by atoms with Crippen LogP contribution in [-0.4, -0.2) is 13.5 Å². The zero-order valence-corrected chi connectivity index (χ0v) is 12.2. The molecule has 2 N–H and O–H groups in total. The Bertz CT molecular complexity index is 730. The quantitative estimate of drug-likeness (QED) is 0.836. The van der Waals surface area contributed by atoms with Gasteiger partial charge in [-0.15, -0.1) is 11.3 Å². The molecule has 1 aromatic carbocycles. The molecule has 0 atom stereocenters. The molecule has 19 heavy (non-hydrogen) atoms. The highest BCUT2D eigenvalue weighted by Gasteiger charge is 2.19. The Morgan fingerprint density at radius 1 is 1.26 bits per heavy atom. The molecule has 2 aromatic rings. The number of aromatic hydroxyl groups is 1. The van der Waals surface area contributed by atoms with E-state index in [9.17, 15) is 17.9 Å². The number of phenolic OH excluding ortho intramolecular Hbond substituents is 1. The summed E-state index contributed by atoms with van der Waals surface area (Å²) in [5.74, 6) is -1.41. The van der Waals surface area contributed by atoms with Crippen LogP contribution in [0.15, 0.2) is 28.5 Å². The number of anilines is 1. The summed E-state index contributed by atoms with van der Waals surface area (Å²) in [7, 11) is -3.90. The third-order valence-electron chi connectivity index (χ3n) is 2.10. The molecule has 0 saturated heterocycles. The number of nitrogens with one attached hydrogen (secondary N) is 1. The standard InChI is InChI=1S/C10H6Cl2FNO3S2/c11-5-3-7(8(15)4-6(5)13)14-19(16,17)10-2-1-9(12)18-10/h1-4,14-15H. The van der Waals surface area contributed by atoms with E-state index in [0.717, 1.165) is 23.5 Å². The van der Waals surface area contributed by atoms with Crippen LogP contribution in [0.5, 0.6) is 5.75 Å². The van der Waals surface area contributed by atoms with Crippen LogP contribution >= 0.6 is 34.5 Å². The van der Waals surface area contributed by atoms with Gasteiger partial charge in [0.25, 0.3) is 10.0 Å². The number of hydrogen-bond acceptors (Lipinski definition) is 4. The summed E-state index contributed by atoms with van der Waals surface area (Å²) in [4.78, 5) is 0. The Hall–Kier alpha value is -1.02. The fourth-order valence-electron chi connectivity index (χ4n) is 1.26. The molecule has 4 nitrogen and oxygen atoms in total. The molecule has 0 radical (unpaired) electrons. The van der Waals surface area contributed by atoms with Gasteiger partial charge in [-0.25, -0.2) is 12.8 Å². The molecule has 0 unspecified atom stereocenters. The van der Waals surface area contributed by atoms with Crippen molar-refractivity contribution in [2.24, 2.45) is 0 Å². The van der Waals surface area contributed by atoms with Crippen molar-refractivity contribution in [3.63, 3.8) is 0 Å². The van der Waals surface area contributed by atoms with E-state index in [1.807, 2.05) is 0 Å². The Morgan fingerprint density at radius 2 is 1.95 bits per heavy atom. The van der Waals surface area contributed by atoms with Crippen molar-refractivity contribution in [2.45, 2.75) is 4.21 Å². The highest BCUT2D eigenvalue weighted by Crippen LogP contribution is 2.33. The molecule has 0 aliphatic carbocycles. The molecule has 1 aromatic heterocycles. The lowest BCUT2D eigenvalue weighted by atomic mass is 10.3. The van der Waals surface area contributed by atoms with Gasteiger partial charge >= 0.3 is 0 Å². The first-order chi connectivity index (χ1) is 8.79. The van der Waals surface area contributed by atoms with Gasteiger partial charge in [0.05, 0.1) is 15.0 Å². The van der Waals surface area contributed by atoms with Crippen molar-refractivity contribution in [1.82, 2.24) is 0 Å². The predicted molar refractivity (Wildman–Crippen MR) is 73.2 cm³/mol. The number of rotatable bonds is 3. The first-order valence-electron chi connectivity index (χ1n) is 4.76. The molecule has 102 valence electrons. The van der Waals surface area contributed by atoms with Gasteiger partial charge in [-0.2, -0.15) is 0 Å². The smallest absolute Gasteiger partial charge is 0.271 e. The van der Waals surface area contributed by atoms with E-state index in [0.29, 0.717) is 4.34 Å². The maximum Gasteiger partial charge on any atom is 0.271 e. The molecule has 0 saturated carbocycles. The summed E-state index contributed by atoms with van der Waals surface area (Å²) >= 11 is 12.0. The molecule has 0 bridgehead atoms. The van der Waals surface area contributed by atoms with Crippen molar-refractivity contribution >= 4 is 50.2 Å². The number of halogens is 3. The summed E-state index contributed by atoms with van der Waals surface area (Å²) in [5, 5.41) is 9.18. The van der Waals surface area contributed by atoms with E-state index in [1.54, 1.807) is 0 Å². The predicted octanol–water partition coefficient (Wildman–Crippen LogP) is 3.70. The fourth-order valence-corrected chi connectivity index (χ4v) is 3.97. The summed E-state index contributed by atoms with van der Waals surface area (Å²) in [6.45, 7) is 0. The average molecular weight is 342 g/mol. The summed E-state index contributed by atoms with van der Waals surface area (Å²) in [6, 6.07) is 4.45. The van der Waals surface area contributed by atoms with Crippen molar-refractivity contribution in [3.8, 4) is 5.75 Å². The van der Waals surface area contributed by atoms with Crippen LogP contribution < -0.4 is 4.72 Å². The summed E-state index contributed by atoms with van der Waals surface area (Å²) in [6.07, 6.45) is 0. The second-order valence-electron chi connectivity index (χ2n) is 3.45. The first-order valence-corrected chi connectivity index (χ1v) is 7.81. The molecule has 0 aliphatic rings. The third kappa shape index (κ3) is 3.11. The molecular weight excluding hydrogens is 336 g/mol. The average Bonchev–Trinajstić information content (AvgIpc) is 2.73. The zero-order chi connectivity index (χ0) is 14.2. The molecule has 1 heterocycles. The molecule has 0 amide bonds. The minimum atomic E-state index is -3.90. The van der Waals surface area contributed by atoms with Crippen molar-refractivity contribution in [3.05, 3.63) is 39.4 Å². The Kier molecular flexibility index (Phi) is 3.91. The van der Waals surface area contributed by atoms with Crippen LogP contribution in [-0.2, 0) is 10.0 Å². The molecule has 0 aliphatic heterocycles. The van der Waals surface area contributed by atoms with Gasteiger partial charge in [0.2, 0.25) is 0 Å². The van der Waals surface area contributed by atoms with Crippen molar-refractivity contribution in [1.29, 1.82) is 0 Å². The second-order valence-corrected chi connectivity index (χ2v) is 7.48. The fraction of sp³-hybridized carbons (Fsp3) is 0. The van der Waals surface area contributed by atoms with E-state index in [-0.39, 0.29) is 14.9 Å². The first kappa shape index (κ1) is 14.4. The van der Waals surface area contributed by atoms with E-state index in [4.69, 9.17) is 23.2 Å². The Morgan fingerprint density at radius 3 is 2.53 bits per heavy atom. The number of benzene rings is 1. The number of phenols is 1. The van der Waals surface area contributed by atoms with Gasteiger partial charge in [0, 0.05) is 6.07 Å². The largest absolute Gasteiger partial charge is 0.506 e. The molecule has 9 heteroatoms. The SMILES string of the molecule is O=S(=O)(Nc1cc(Cl)c(F)cc1O)c1ccc(Cl)s1. The summed E-state index contributed by atoms with van der Waals surface area (Å²) in [5.41, 5.74) is -0.212. The zero-order valence-electron chi connectivity index (χ0n) is 9.02. The van der Waals surface area contributed by atoms with Crippen molar-refractivity contribution in [2.75, 3.05) is 4.72 Å². The second kappa shape index (κ2) is 5.16. The van der Waals surface area contributed by atoms with Gasteiger partial charge < -0.3 is 5.11 Å². The van der Waals surface area contributed by atoms with Gasteiger partial charge in [-0.1, -0.05) is 23.2 Å². The lowest BCUT2D eigenvalue weighted by Gasteiger charge is -2.09. The van der Waals surface area contributed by atoms with Crippen LogP contribution in [0.3, 0.4) is 0 Å². The highest BCUT2D eigenvalue weighted by atomic mass is 35.5. The van der Waals surface area contributed by atoms with E-state index in [2.05, 4.69) is 4.72 Å². The van der Waals surface area contributed by atoms with E-state index >= 15 is 0 Å². The number of thiophene rings is 1. The maximum atomic E-state index is 13.0. The normalized spacial score (nSPS) is 11.5. The van der Waals surface area contributed by atoms with Gasteiger partial charge in [0.15, 0.2) is 0 Å². The van der Waals surface area contributed by atoms with Crippen LogP contribution in [0.1, 0.15) is 0 Å². The van der Waals surface area contributed by atoms with Gasteiger partial charge in [-0.05, 0) is 18.2 Å². The topological polar surface area (TPSA) is 66.4 Å². The lowest BCUT2D eigenvalue weighted by Crippen LogP contribution is -2.11. The Labute approximate surface area is 122 Å². The van der Waals surface area contributed by atoms with Crippen LogP contribution in [0, 0.1) is 5.82 Å². The Balaban J connectivity index is 2.38. The van der Waals surface area contributed by atoms with Crippen LogP contribution in [0.25, 0.3) is 0 Å². The van der Waals surface area contributed by atoms with E-state index in [1.165, 1.54) is 12.1 Å². The molecular formula is C10H6Cl2FNO3S2.